The first-order valence-electron chi connectivity index (χ1n) is 5.68. The van der Waals surface area contributed by atoms with Crippen molar-refractivity contribution in [1.82, 2.24) is 4.98 Å². The minimum Gasteiger partial charge on any atom is -0.392 e. The van der Waals surface area contributed by atoms with Crippen molar-refractivity contribution in [2.75, 3.05) is 4.72 Å². The summed E-state index contributed by atoms with van der Waals surface area (Å²) in [7, 11) is -3.94. The molecule has 1 aromatic carbocycles. The maximum absolute atomic E-state index is 13.7. The Morgan fingerprint density at radius 3 is 2.65 bits per heavy atom. The van der Waals surface area contributed by atoms with Crippen LogP contribution >= 0.6 is 11.3 Å². The molecule has 0 saturated heterocycles. The molecule has 0 fully saturated rings. The van der Waals surface area contributed by atoms with Crippen LogP contribution in [0.5, 0.6) is 0 Å². The van der Waals surface area contributed by atoms with Gasteiger partial charge in [-0.3, -0.25) is 4.72 Å². The third kappa shape index (κ3) is 2.97. The molecule has 108 valence electrons. The topological polar surface area (TPSA) is 79.3 Å². The number of nitrogens with zero attached hydrogens (tertiary/aromatic N) is 1. The molecule has 0 radical (unpaired) electrons. The second kappa shape index (κ2) is 5.47. The lowest BCUT2D eigenvalue weighted by Gasteiger charge is -2.10. The van der Waals surface area contributed by atoms with Crippen molar-refractivity contribution in [2.45, 2.75) is 25.3 Å². The van der Waals surface area contributed by atoms with Crippen molar-refractivity contribution in [3.63, 3.8) is 0 Å². The molecule has 2 rings (SSSR count). The highest BCUT2D eigenvalue weighted by atomic mass is 32.2. The number of benzene rings is 1. The van der Waals surface area contributed by atoms with Crippen molar-refractivity contribution in [3.05, 3.63) is 40.2 Å². The van der Waals surface area contributed by atoms with Crippen LogP contribution in [0, 0.1) is 19.7 Å². The molecule has 5 nitrogen and oxygen atoms in total. The zero-order chi connectivity index (χ0) is 14.9. The fourth-order valence-corrected chi connectivity index (χ4v) is 3.89. The van der Waals surface area contributed by atoms with Gasteiger partial charge >= 0.3 is 0 Å². The third-order valence-corrected chi connectivity index (χ3v) is 5.14. The Labute approximate surface area is 120 Å². The van der Waals surface area contributed by atoms with E-state index in [-0.39, 0.29) is 21.2 Å². The van der Waals surface area contributed by atoms with Crippen molar-refractivity contribution >= 4 is 26.5 Å². The summed E-state index contributed by atoms with van der Waals surface area (Å²) in [5, 5.41) is 11.0. The lowest BCUT2D eigenvalue weighted by molar-refractivity contribution is 0.281. The molecule has 0 aliphatic carbocycles. The lowest BCUT2D eigenvalue weighted by atomic mass is 10.1. The molecule has 2 aromatic rings. The molecule has 0 unspecified atom stereocenters. The number of aliphatic hydroxyl groups is 1. The van der Waals surface area contributed by atoms with E-state index in [9.17, 15) is 12.8 Å². The second-order valence-electron chi connectivity index (χ2n) is 4.26. The number of sulfonamides is 1. The number of aliphatic hydroxyl groups excluding tert-OH is 1. The van der Waals surface area contributed by atoms with Crippen LogP contribution in [0.1, 0.15) is 16.8 Å². The van der Waals surface area contributed by atoms with Crippen LogP contribution in [0.15, 0.2) is 22.4 Å². The summed E-state index contributed by atoms with van der Waals surface area (Å²) < 4.78 is 40.5. The van der Waals surface area contributed by atoms with Gasteiger partial charge in [0.2, 0.25) is 0 Å². The van der Waals surface area contributed by atoms with E-state index in [0.717, 1.165) is 17.4 Å². The Bertz CT molecular complexity index is 741. The highest BCUT2D eigenvalue weighted by molar-refractivity contribution is 7.93. The number of anilines is 1. The summed E-state index contributed by atoms with van der Waals surface area (Å²) in [6.45, 7) is 2.68. The molecule has 2 N–H and O–H groups in total. The summed E-state index contributed by atoms with van der Waals surface area (Å²) >= 11 is 1.15. The summed E-state index contributed by atoms with van der Waals surface area (Å²) in [4.78, 5) is 3.80. The Balaban J connectivity index is 2.46. The van der Waals surface area contributed by atoms with Gasteiger partial charge in [0, 0.05) is 10.9 Å². The van der Waals surface area contributed by atoms with Crippen LogP contribution in [0.4, 0.5) is 9.52 Å². The number of aryl methyl sites for hydroxylation is 1. The predicted octanol–water partition coefficient (Wildman–Crippen LogP) is 2.19. The summed E-state index contributed by atoms with van der Waals surface area (Å²) in [6, 6.07) is 2.36. The smallest absolute Gasteiger partial charge is 0.264 e. The first-order chi connectivity index (χ1) is 9.33. The molecule has 0 amide bonds. The SMILES string of the molecule is Cc1csc(NS(=O)(=O)c2cc(CO)cc(F)c2C)n1. The van der Waals surface area contributed by atoms with E-state index in [1.165, 1.54) is 13.0 Å². The first kappa shape index (κ1) is 14.9. The van der Waals surface area contributed by atoms with Crippen LogP contribution in [0.3, 0.4) is 0 Å². The first-order valence-corrected chi connectivity index (χ1v) is 8.04. The fourth-order valence-electron chi connectivity index (χ4n) is 1.65. The molecule has 1 heterocycles. The molecule has 1 aromatic heterocycles. The van der Waals surface area contributed by atoms with Crippen molar-refractivity contribution in [2.24, 2.45) is 0 Å². The highest BCUT2D eigenvalue weighted by Gasteiger charge is 2.21. The molecular formula is C12H13FN2O3S2. The number of nitrogens with one attached hydrogen (secondary N) is 1. The minimum atomic E-state index is -3.94. The Hall–Kier alpha value is -1.51. The average Bonchev–Trinajstić information content (AvgIpc) is 2.76. The standard InChI is InChI=1S/C12H13FN2O3S2/c1-7-6-19-12(14-7)15-20(17,18)11-4-9(5-16)3-10(13)8(11)2/h3-4,6,16H,5H2,1-2H3,(H,14,15). The van der Waals surface area contributed by atoms with E-state index in [1.54, 1.807) is 12.3 Å². The van der Waals surface area contributed by atoms with E-state index in [4.69, 9.17) is 5.11 Å². The van der Waals surface area contributed by atoms with Crippen molar-refractivity contribution in [3.8, 4) is 0 Å². The van der Waals surface area contributed by atoms with Gasteiger partial charge in [0.15, 0.2) is 5.13 Å². The number of halogens is 1. The maximum atomic E-state index is 13.7. The van der Waals surface area contributed by atoms with Gasteiger partial charge in [-0.2, -0.15) is 0 Å². The normalized spacial score (nSPS) is 11.6. The summed E-state index contributed by atoms with van der Waals surface area (Å²) in [6.07, 6.45) is 0. The molecule has 0 aliphatic heterocycles. The molecule has 20 heavy (non-hydrogen) atoms. The van der Waals surface area contributed by atoms with Crippen LogP contribution in [-0.2, 0) is 16.6 Å². The highest BCUT2D eigenvalue weighted by Crippen LogP contribution is 2.24. The number of hydrogen-bond acceptors (Lipinski definition) is 5. The Kier molecular flexibility index (Phi) is 4.07. The summed E-state index contributed by atoms with van der Waals surface area (Å²) in [5.74, 6) is -0.674. The molecule has 0 aliphatic rings. The van der Waals surface area contributed by atoms with E-state index in [2.05, 4.69) is 9.71 Å². The molecular weight excluding hydrogens is 303 g/mol. The molecule has 8 heteroatoms. The maximum Gasteiger partial charge on any atom is 0.264 e. The zero-order valence-corrected chi connectivity index (χ0v) is 12.5. The third-order valence-electron chi connectivity index (χ3n) is 2.67. The van der Waals surface area contributed by atoms with Crippen LogP contribution in [0.2, 0.25) is 0 Å². The largest absolute Gasteiger partial charge is 0.392 e. The fraction of sp³-hybridized carbons (Fsp3) is 0.250. The monoisotopic (exact) mass is 316 g/mol. The van der Waals surface area contributed by atoms with Gasteiger partial charge in [0.05, 0.1) is 17.2 Å². The molecule has 0 saturated carbocycles. The second-order valence-corrected chi connectivity index (χ2v) is 6.77. The van der Waals surface area contributed by atoms with E-state index in [0.29, 0.717) is 5.69 Å². The van der Waals surface area contributed by atoms with E-state index in [1.807, 2.05) is 0 Å². The Morgan fingerprint density at radius 1 is 1.40 bits per heavy atom. The number of thiazole rings is 1. The predicted molar refractivity (Wildman–Crippen MR) is 74.7 cm³/mol. The van der Waals surface area contributed by atoms with Gasteiger partial charge < -0.3 is 5.11 Å². The van der Waals surface area contributed by atoms with Crippen LogP contribution in [-0.4, -0.2) is 18.5 Å². The van der Waals surface area contributed by atoms with Gasteiger partial charge in [-0.05, 0) is 31.5 Å². The zero-order valence-electron chi connectivity index (χ0n) is 10.8. The molecule has 0 spiro atoms. The van der Waals surface area contributed by atoms with Gasteiger partial charge in [0.25, 0.3) is 10.0 Å². The quantitative estimate of drug-likeness (QED) is 0.906. The van der Waals surface area contributed by atoms with E-state index < -0.39 is 22.4 Å². The number of hydrogen-bond donors (Lipinski definition) is 2. The molecule has 0 bridgehead atoms. The van der Waals surface area contributed by atoms with Crippen LogP contribution in [0.25, 0.3) is 0 Å². The van der Waals surface area contributed by atoms with Gasteiger partial charge in [-0.25, -0.2) is 17.8 Å². The average molecular weight is 316 g/mol. The van der Waals surface area contributed by atoms with Crippen molar-refractivity contribution in [1.29, 1.82) is 0 Å². The van der Waals surface area contributed by atoms with Gasteiger partial charge in [0.1, 0.15) is 5.82 Å². The number of aromatic nitrogens is 1. The lowest BCUT2D eigenvalue weighted by Crippen LogP contribution is -2.15. The minimum absolute atomic E-state index is 0.00276. The Morgan fingerprint density at radius 2 is 2.10 bits per heavy atom. The van der Waals surface area contributed by atoms with Gasteiger partial charge in [-0.1, -0.05) is 0 Å². The molecule has 0 atom stereocenters. The van der Waals surface area contributed by atoms with Crippen molar-refractivity contribution < 1.29 is 17.9 Å². The van der Waals surface area contributed by atoms with Crippen LogP contribution < -0.4 is 4.72 Å². The summed E-state index contributed by atoms with van der Waals surface area (Å²) in [5.41, 5.74) is 0.895. The van der Waals surface area contributed by atoms with Gasteiger partial charge in [-0.15, -0.1) is 11.3 Å². The van der Waals surface area contributed by atoms with E-state index >= 15 is 0 Å². The number of rotatable bonds is 4.